The first-order valence-electron chi connectivity index (χ1n) is 7.73. The average Bonchev–Trinajstić information content (AvgIpc) is 2.55. The molecule has 25 heavy (non-hydrogen) atoms. The molecule has 0 radical (unpaired) electrons. The van der Waals surface area contributed by atoms with E-state index in [0.717, 1.165) is 0 Å². The maximum absolute atomic E-state index is 12.5. The Kier molecular flexibility index (Phi) is 5.97. The number of hydrogen-bond acceptors (Lipinski definition) is 5. The molecule has 0 saturated heterocycles. The first-order chi connectivity index (χ1) is 11.8. The van der Waals surface area contributed by atoms with Crippen LogP contribution in [0.4, 0.5) is 5.69 Å². The third kappa shape index (κ3) is 5.18. The lowest BCUT2D eigenvalue weighted by molar-refractivity contribution is -0.143. The fraction of sp³-hybridized carbons (Fsp3) is 0.294. The number of nitrogens with one attached hydrogen (secondary N) is 1. The molecule has 1 heterocycles. The van der Waals surface area contributed by atoms with Gasteiger partial charge in [0.05, 0.1) is 12.4 Å². The van der Waals surface area contributed by atoms with Gasteiger partial charge in [-0.25, -0.2) is 8.42 Å². The molecule has 7 nitrogen and oxygen atoms in total. The number of pyridine rings is 1. The minimum atomic E-state index is -3.76. The molecule has 2 aromatic rings. The Balaban J connectivity index is 2.25. The van der Waals surface area contributed by atoms with Crippen LogP contribution in [-0.4, -0.2) is 25.6 Å². The molecule has 0 unspecified atom stereocenters. The lowest BCUT2D eigenvalue weighted by atomic mass is 10.2. The number of anilines is 1. The minimum absolute atomic E-state index is 0.106. The van der Waals surface area contributed by atoms with E-state index in [0.29, 0.717) is 11.3 Å². The molecular formula is C17H20N2O5S. The Labute approximate surface area is 146 Å². The van der Waals surface area contributed by atoms with E-state index in [4.69, 9.17) is 4.74 Å². The fourth-order valence-corrected chi connectivity index (χ4v) is 3.47. The summed E-state index contributed by atoms with van der Waals surface area (Å²) in [5.41, 5.74) is 0.438. The van der Waals surface area contributed by atoms with Crippen molar-refractivity contribution in [3.63, 3.8) is 0 Å². The molecule has 0 amide bonds. The molecule has 134 valence electrons. The van der Waals surface area contributed by atoms with E-state index >= 15 is 0 Å². The standard InChI is InChI=1S/C17H20N2O5S/c1-3-24-16(20)11-19-13(2)9-10-15(17(19)21)18-25(22,23)12-14-7-5-4-6-8-14/h4-10,18H,3,11-12H2,1-2H3. The highest BCUT2D eigenvalue weighted by Crippen LogP contribution is 2.10. The topological polar surface area (TPSA) is 94.5 Å². The maximum atomic E-state index is 12.5. The first-order valence-corrected chi connectivity index (χ1v) is 9.38. The lowest BCUT2D eigenvalue weighted by Gasteiger charge is -2.13. The van der Waals surface area contributed by atoms with Gasteiger partial charge in [-0.05, 0) is 31.5 Å². The van der Waals surface area contributed by atoms with Crippen LogP contribution in [0.2, 0.25) is 0 Å². The van der Waals surface area contributed by atoms with Gasteiger partial charge in [0.15, 0.2) is 0 Å². The Morgan fingerprint density at radius 2 is 1.84 bits per heavy atom. The Hall–Kier alpha value is -2.61. The third-order valence-electron chi connectivity index (χ3n) is 3.45. The number of sulfonamides is 1. The van der Waals surface area contributed by atoms with E-state index < -0.39 is 21.6 Å². The number of carbonyl (C=O) groups is 1. The Morgan fingerprint density at radius 3 is 2.48 bits per heavy atom. The van der Waals surface area contributed by atoms with Crippen molar-refractivity contribution in [2.75, 3.05) is 11.3 Å². The normalized spacial score (nSPS) is 11.1. The zero-order valence-electron chi connectivity index (χ0n) is 14.1. The maximum Gasteiger partial charge on any atom is 0.326 e. The van der Waals surface area contributed by atoms with E-state index in [-0.39, 0.29) is 24.6 Å². The largest absolute Gasteiger partial charge is 0.465 e. The molecule has 0 fully saturated rings. The van der Waals surface area contributed by atoms with Gasteiger partial charge < -0.3 is 4.74 Å². The average molecular weight is 364 g/mol. The zero-order chi connectivity index (χ0) is 18.4. The zero-order valence-corrected chi connectivity index (χ0v) is 14.9. The van der Waals surface area contributed by atoms with Crippen molar-refractivity contribution in [1.82, 2.24) is 4.57 Å². The molecular weight excluding hydrogens is 344 g/mol. The fourth-order valence-electron chi connectivity index (χ4n) is 2.28. The summed E-state index contributed by atoms with van der Waals surface area (Å²) in [5.74, 6) is -0.809. The highest BCUT2D eigenvalue weighted by atomic mass is 32.2. The number of nitrogens with zero attached hydrogens (tertiary/aromatic N) is 1. The summed E-state index contributed by atoms with van der Waals surface area (Å²) in [6.45, 7) is 3.26. The molecule has 0 aliphatic carbocycles. The van der Waals surface area contributed by atoms with Crippen molar-refractivity contribution in [2.45, 2.75) is 26.1 Å². The van der Waals surface area contributed by atoms with Crippen molar-refractivity contribution >= 4 is 21.7 Å². The summed E-state index contributed by atoms with van der Waals surface area (Å²) >= 11 is 0. The molecule has 1 aromatic heterocycles. The van der Waals surface area contributed by atoms with Crippen LogP contribution in [0, 0.1) is 6.92 Å². The van der Waals surface area contributed by atoms with Gasteiger partial charge in [-0.2, -0.15) is 0 Å². The van der Waals surface area contributed by atoms with Crippen molar-refractivity contribution in [3.05, 3.63) is 64.1 Å². The number of carbonyl (C=O) groups excluding carboxylic acids is 1. The van der Waals surface area contributed by atoms with Gasteiger partial charge >= 0.3 is 5.97 Å². The number of rotatable bonds is 7. The van der Waals surface area contributed by atoms with Crippen molar-refractivity contribution in [3.8, 4) is 0 Å². The highest BCUT2D eigenvalue weighted by molar-refractivity contribution is 7.91. The van der Waals surface area contributed by atoms with Gasteiger partial charge in [-0.15, -0.1) is 0 Å². The van der Waals surface area contributed by atoms with Gasteiger partial charge in [0.25, 0.3) is 5.56 Å². The number of benzene rings is 1. The number of esters is 1. The van der Waals surface area contributed by atoms with Crippen molar-refractivity contribution in [1.29, 1.82) is 0 Å². The van der Waals surface area contributed by atoms with E-state index in [9.17, 15) is 18.0 Å². The molecule has 0 spiro atoms. The molecule has 0 aliphatic rings. The van der Waals surface area contributed by atoms with E-state index in [1.807, 2.05) is 0 Å². The SMILES string of the molecule is CCOC(=O)Cn1c(C)ccc(NS(=O)(=O)Cc2ccccc2)c1=O. The molecule has 0 aliphatic heterocycles. The van der Waals surface area contributed by atoms with E-state index in [2.05, 4.69) is 4.72 Å². The number of aryl methyl sites for hydroxylation is 1. The second-order valence-electron chi connectivity index (χ2n) is 5.43. The van der Waals surface area contributed by atoms with Gasteiger partial charge in [0.2, 0.25) is 10.0 Å². The molecule has 2 rings (SSSR count). The second-order valence-corrected chi connectivity index (χ2v) is 7.15. The van der Waals surface area contributed by atoms with Gasteiger partial charge in [-0.3, -0.25) is 18.9 Å². The summed E-state index contributed by atoms with van der Waals surface area (Å²) < 4.78 is 32.9. The van der Waals surface area contributed by atoms with Crippen LogP contribution >= 0.6 is 0 Å². The molecule has 1 aromatic carbocycles. The number of aromatic nitrogens is 1. The summed E-state index contributed by atoms with van der Waals surface area (Å²) in [5, 5.41) is 0. The van der Waals surface area contributed by atoms with E-state index in [1.165, 1.54) is 10.6 Å². The number of hydrogen-bond donors (Lipinski definition) is 1. The summed E-state index contributed by atoms with van der Waals surface area (Å²) in [7, 11) is -3.76. The predicted octanol–water partition coefficient (Wildman–Crippen LogP) is 1.66. The van der Waals surface area contributed by atoms with Crippen LogP contribution in [0.25, 0.3) is 0 Å². The van der Waals surface area contributed by atoms with Gasteiger partial charge in [-0.1, -0.05) is 30.3 Å². The van der Waals surface area contributed by atoms with Crippen LogP contribution in [0.15, 0.2) is 47.3 Å². The van der Waals surface area contributed by atoms with Crippen molar-refractivity contribution < 1.29 is 17.9 Å². The monoisotopic (exact) mass is 364 g/mol. The first kappa shape index (κ1) is 18.7. The molecule has 1 N–H and O–H groups in total. The molecule has 0 saturated carbocycles. The van der Waals surface area contributed by atoms with Crippen LogP contribution in [-0.2, 0) is 31.9 Å². The quantitative estimate of drug-likeness (QED) is 0.754. The highest BCUT2D eigenvalue weighted by Gasteiger charge is 2.16. The van der Waals surface area contributed by atoms with Crippen LogP contribution in [0.1, 0.15) is 18.2 Å². The lowest BCUT2D eigenvalue weighted by Crippen LogP contribution is -2.30. The molecule has 0 bridgehead atoms. The smallest absolute Gasteiger partial charge is 0.326 e. The van der Waals surface area contributed by atoms with Crippen LogP contribution < -0.4 is 10.3 Å². The molecule has 0 atom stereocenters. The predicted molar refractivity (Wildman–Crippen MR) is 94.8 cm³/mol. The van der Waals surface area contributed by atoms with Gasteiger partial charge in [0, 0.05) is 5.69 Å². The summed E-state index contributed by atoms with van der Waals surface area (Å²) in [6.07, 6.45) is 0. The summed E-state index contributed by atoms with van der Waals surface area (Å²) in [6, 6.07) is 11.6. The van der Waals surface area contributed by atoms with Crippen molar-refractivity contribution in [2.24, 2.45) is 0 Å². The Morgan fingerprint density at radius 1 is 1.16 bits per heavy atom. The Bertz CT molecular complexity index is 904. The molecule has 8 heteroatoms. The van der Waals surface area contributed by atoms with Crippen LogP contribution in [0.5, 0.6) is 0 Å². The minimum Gasteiger partial charge on any atom is -0.465 e. The second kappa shape index (κ2) is 7.98. The number of ether oxygens (including phenoxy) is 1. The van der Waals surface area contributed by atoms with Gasteiger partial charge in [0.1, 0.15) is 12.2 Å². The summed E-state index contributed by atoms with van der Waals surface area (Å²) in [4.78, 5) is 24.1. The third-order valence-corrected chi connectivity index (χ3v) is 4.69. The van der Waals surface area contributed by atoms with E-state index in [1.54, 1.807) is 50.2 Å². The van der Waals surface area contributed by atoms with Crippen LogP contribution in [0.3, 0.4) is 0 Å².